The number of hydrogen-bond donors (Lipinski definition) is 1. The molecule has 3 heteroatoms. The molecule has 0 saturated heterocycles. The van der Waals surface area contributed by atoms with Gasteiger partial charge >= 0.3 is 0 Å². The summed E-state index contributed by atoms with van der Waals surface area (Å²) in [4.78, 5) is 12.3. The van der Waals surface area contributed by atoms with Crippen molar-refractivity contribution in [1.82, 2.24) is 0 Å². The smallest absolute Gasteiger partial charge is 0.262 e. The Morgan fingerprint density at radius 2 is 1.88 bits per heavy atom. The standard InChI is InChI=1S/C21H27NO2/c1-6-17-9-7-8-16(5)21(17)22-20(23)13-24-19-12-18(14(2)3)11-10-15(19)4/h7-12,14H,6,13H2,1-5H3,(H,22,23). The predicted molar refractivity (Wildman–Crippen MR) is 99.9 cm³/mol. The van der Waals surface area contributed by atoms with E-state index in [1.54, 1.807) is 0 Å². The van der Waals surface area contributed by atoms with Gasteiger partial charge in [0.2, 0.25) is 0 Å². The van der Waals surface area contributed by atoms with Crippen molar-refractivity contribution < 1.29 is 9.53 Å². The third-order valence-corrected chi connectivity index (χ3v) is 4.24. The van der Waals surface area contributed by atoms with E-state index in [-0.39, 0.29) is 12.5 Å². The van der Waals surface area contributed by atoms with Crippen LogP contribution in [-0.4, -0.2) is 12.5 Å². The summed E-state index contributed by atoms with van der Waals surface area (Å²) in [6.45, 7) is 10.4. The highest BCUT2D eigenvalue weighted by Gasteiger charge is 2.11. The van der Waals surface area contributed by atoms with Gasteiger partial charge in [-0.2, -0.15) is 0 Å². The Bertz CT molecular complexity index is 720. The fourth-order valence-corrected chi connectivity index (χ4v) is 2.65. The molecule has 2 rings (SSSR count). The van der Waals surface area contributed by atoms with Gasteiger partial charge in [-0.15, -0.1) is 0 Å². The third-order valence-electron chi connectivity index (χ3n) is 4.24. The fourth-order valence-electron chi connectivity index (χ4n) is 2.65. The zero-order valence-electron chi connectivity index (χ0n) is 15.3. The Morgan fingerprint density at radius 1 is 1.12 bits per heavy atom. The molecule has 0 aliphatic heterocycles. The first-order valence-corrected chi connectivity index (χ1v) is 8.54. The second-order valence-electron chi connectivity index (χ2n) is 6.48. The molecule has 3 nitrogen and oxygen atoms in total. The zero-order chi connectivity index (χ0) is 17.7. The van der Waals surface area contributed by atoms with Crippen molar-refractivity contribution in [1.29, 1.82) is 0 Å². The Balaban J connectivity index is 2.06. The molecule has 128 valence electrons. The summed E-state index contributed by atoms with van der Waals surface area (Å²) in [5, 5.41) is 2.99. The summed E-state index contributed by atoms with van der Waals surface area (Å²) < 4.78 is 5.76. The molecule has 0 spiro atoms. The van der Waals surface area contributed by atoms with Crippen molar-refractivity contribution in [3.05, 3.63) is 58.7 Å². The SMILES string of the molecule is CCc1cccc(C)c1NC(=O)COc1cc(C(C)C)ccc1C. The number of para-hydroxylation sites is 1. The van der Waals surface area contributed by atoms with Crippen LogP contribution < -0.4 is 10.1 Å². The van der Waals surface area contributed by atoms with Crippen molar-refractivity contribution in [3.63, 3.8) is 0 Å². The first-order chi connectivity index (χ1) is 11.4. The molecular weight excluding hydrogens is 298 g/mol. The summed E-state index contributed by atoms with van der Waals surface area (Å²) in [5.41, 5.74) is 5.36. The molecule has 0 heterocycles. The Hall–Kier alpha value is -2.29. The van der Waals surface area contributed by atoms with Crippen LogP contribution in [-0.2, 0) is 11.2 Å². The normalized spacial score (nSPS) is 10.8. The minimum absolute atomic E-state index is 0.0138. The average Bonchev–Trinajstić information content (AvgIpc) is 2.55. The largest absolute Gasteiger partial charge is 0.483 e. The van der Waals surface area contributed by atoms with Crippen LogP contribution in [0.5, 0.6) is 5.75 Å². The zero-order valence-corrected chi connectivity index (χ0v) is 15.3. The van der Waals surface area contributed by atoms with E-state index in [0.717, 1.165) is 34.5 Å². The molecular formula is C21H27NO2. The van der Waals surface area contributed by atoms with Gasteiger partial charge in [0, 0.05) is 5.69 Å². The number of anilines is 1. The van der Waals surface area contributed by atoms with E-state index in [1.807, 2.05) is 44.2 Å². The van der Waals surface area contributed by atoms with Gasteiger partial charge in [0.15, 0.2) is 6.61 Å². The van der Waals surface area contributed by atoms with Crippen molar-refractivity contribution >= 4 is 11.6 Å². The van der Waals surface area contributed by atoms with Crippen LogP contribution >= 0.6 is 0 Å². The van der Waals surface area contributed by atoms with E-state index in [1.165, 1.54) is 5.56 Å². The second-order valence-corrected chi connectivity index (χ2v) is 6.48. The Labute approximate surface area is 145 Å². The average molecular weight is 325 g/mol. The number of amides is 1. The highest BCUT2D eigenvalue weighted by atomic mass is 16.5. The maximum absolute atomic E-state index is 12.3. The lowest BCUT2D eigenvalue weighted by Gasteiger charge is -2.15. The molecule has 0 unspecified atom stereocenters. The lowest BCUT2D eigenvalue weighted by molar-refractivity contribution is -0.118. The van der Waals surface area contributed by atoms with Gasteiger partial charge in [-0.1, -0.05) is 51.1 Å². The van der Waals surface area contributed by atoms with Gasteiger partial charge in [0.25, 0.3) is 5.91 Å². The first-order valence-electron chi connectivity index (χ1n) is 8.54. The summed E-state index contributed by atoms with van der Waals surface area (Å²) in [5.74, 6) is 1.08. The number of carbonyl (C=O) groups excluding carboxylic acids is 1. The van der Waals surface area contributed by atoms with E-state index in [4.69, 9.17) is 4.74 Å². The molecule has 0 bridgehead atoms. The number of benzene rings is 2. The van der Waals surface area contributed by atoms with Crippen molar-refractivity contribution in [2.24, 2.45) is 0 Å². The maximum Gasteiger partial charge on any atom is 0.262 e. The number of rotatable bonds is 6. The van der Waals surface area contributed by atoms with Crippen LogP contribution in [0.2, 0.25) is 0 Å². The monoisotopic (exact) mass is 325 g/mol. The van der Waals surface area contributed by atoms with Crippen molar-refractivity contribution in [2.45, 2.75) is 47.0 Å². The highest BCUT2D eigenvalue weighted by molar-refractivity contribution is 5.93. The van der Waals surface area contributed by atoms with Gasteiger partial charge in [-0.05, 0) is 54.5 Å². The number of carbonyl (C=O) groups is 1. The van der Waals surface area contributed by atoms with Crippen LogP contribution in [0.4, 0.5) is 5.69 Å². The lowest BCUT2D eigenvalue weighted by atomic mass is 10.0. The second kappa shape index (κ2) is 8.00. The lowest BCUT2D eigenvalue weighted by Crippen LogP contribution is -2.21. The third kappa shape index (κ3) is 4.38. The molecule has 1 N–H and O–H groups in total. The summed E-state index contributed by atoms with van der Waals surface area (Å²) in [6.07, 6.45) is 0.883. The molecule has 1 amide bonds. The van der Waals surface area contributed by atoms with Crippen LogP contribution in [0.15, 0.2) is 36.4 Å². The van der Waals surface area contributed by atoms with E-state index in [2.05, 4.69) is 32.2 Å². The predicted octanol–water partition coefficient (Wildman–Crippen LogP) is 5.01. The summed E-state index contributed by atoms with van der Waals surface area (Å²) >= 11 is 0. The number of ether oxygens (including phenoxy) is 1. The van der Waals surface area contributed by atoms with E-state index >= 15 is 0 Å². The molecule has 0 atom stereocenters. The number of aryl methyl sites for hydroxylation is 3. The van der Waals surface area contributed by atoms with Crippen LogP contribution in [0.3, 0.4) is 0 Å². The van der Waals surface area contributed by atoms with E-state index < -0.39 is 0 Å². The Morgan fingerprint density at radius 3 is 2.54 bits per heavy atom. The maximum atomic E-state index is 12.3. The van der Waals surface area contributed by atoms with E-state index in [0.29, 0.717) is 5.92 Å². The van der Waals surface area contributed by atoms with E-state index in [9.17, 15) is 4.79 Å². The molecule has 0 aliphatic rings. The molecule has 2 aromatic carbocycles. The number of hydrogen-bond acceptors (Lipinski definition) is 2. The topological polar surface area (TPSA) is 38.3 Å². The fraction of sp³-hybridized carbons (Fsp3) is 0.381. The van der Waals surface area contributed by atoms with Crippen molar-refractivity contribution in [2.75, 3.05) is 11.9 Å². The quantitative estimate of drug-likeness (QED) is 0.811. The summed E-state index contributed by atoms with van der Waals surface area (Å²) in [6, 6.07) is 12.2. The molecule has 0 fully saturated rings. The van der Waals surface area contributed by atoms with Crippen LogP contribution in [0.25, 0.3) is 0 Å². The molecule has 0 saturated carbocycles. The molecule has 0 aromatic heterocycles. The van der Waals surface area contributed by atoms with Crippen LogP contribution in [0, 0.1) is 13.8 Å². The minimum Gasteiger partial charge on any atom is -0.483 e. The van der Waals surface area contributed by atoms with Gasteiger partial charge < -0.3 is 10.1 Å². The van der Waals surface area contributed by atoms with Crippen LogP contribution in [0.1, 0.15) is 48.9 Å². The van der Waals surface area contributed by atoms with Gasteiger partial charge in [0.05, 0.1) is 0 Å². The van der Waals surface area contributed by atoms with Gasteiger partial charge in [-0.3, -0.25) is 4.79 Å². The minimum atomic E-state index is -0.131. The van der Waals surface area contributed by atoms with Gasteiger partial charge in [-0.25, -0.2) is 0 Å². The first kappa shape index (κ1) is 18.1. The number of nitrogens with one attached hydrogen (secondary N) is 1. The van der Waals surface area contributed by atoms with Crippen molar-refractivity contribution in [3.8, 4) is 5.75 Å². The van der Waals surface area contributed by atoms with Gasteiger partial charge in [0.1, 0.15) is 5.75 Å². The Kier molecular flexibility index (Phi) is 6.02. The molecule has 0 radical (unpaired) electrons. The molecule has 2 aromatic rings. The highest BCUT2D eigenvalue weighted by Crippen LogP contribution is 2.25. The molecule has 24 heavy (non-hydrogen) atoms. The summed E-state index contributed by atoms with van der Waals surface area (Å²) in [7, 11) is 0. The molecule has 0 aliphatic carbocycles.